The van der Waals surface area contributed by atoms with Gasteiger partial charge in [0.1, 0.15) is 0 Å². The quantitative estimate of drug-likeness (QED) is 0.175. The van der Waals surface area contributed by atoms with Crippen LogP contribution in [0.2, 0.25) is 0 Å². The summed E-state index contributed by atoms with van der Waals surface area (Å²) in [6.45, 7) is 3.07. The Morgan fingerprint density at radius 3 is 1.39 bits per heavy atom. The Bertz CT molecular complexity index is 485. The van der Waals surface area contributed by atoms with Crippen LogP contribution in [0.4, 0.5) is 0 Å². The number of unbranched alkanes of at least 4 members (excludes halogenated alkanes) is 14. The van der Waals surface area contributed by atoms with Gasteiger partial charge in [0.2, 0.25) is 0 Å². The van der Waals surface area contributed by atoms with Gasteiger partial charge in [-0.3, -0.25) is 9.35 Å². The minimum absolute atomic E-state index is 0. The van der Waals surface area contributed by atoms with Crippen LogP contribution in [0.3, 0.4) is 0 Å². The molecule has 0 saturated heterocycles. The van der Waals surface area contributed by atoms with E-state index in [1.54, 1.807) is 0 Å². The molecular formula is C21H44NNaO4S. The van der Waals surface area contributed by atoms with Crippen LogP contribution >= 0.6 is 0 Å². The third-order valence-electron chi connectivity index (χ3n) is 5.56. The number of carbonyl (C=O) groups is 1. The van der Waals surface area contributed by atoms with Gasteiger partial charge in [0.25, 0.3) is 10.1 Å². The van der Waals surface area contributed by atoms with Crippen LogP contribution in [0.15, 0.2) is 0 Å². The van der Waals surface area contributed by atoms with Gasteiger partial charge in [-0.1, -0.05) is 96.8 Å². The van der Waals surface area contributed by atoms with Gasteiger partial charge in [-0.05, 0) is 13.3 Å². The number of rotatable bonds is 19. The number of hydrogen-bond donors (Lipinski definition) is 2. The van der Waals surface area contributed by atoms with Crippen molar-refractivity contribution in [2.45, 2.75) is 121 Å². The predicted octanol–water partition coefficient (Wildman–Crippen LogP) is 4.77. The second-order valence-electron chi connectivity index (χ2n) is 8.03. The van der Waals surface area contributed by atoms with Crippen LogP contribution in [-0.2, 0) is 14.9 Å². The van der Waals surface area contributed by atoms with E-state index in [2.05, 4.69) is 6.92 Å². The Kier molecular flexibility index (Phi) is 20.1. The Hall–Kier alpha value is 0.540. The zero-order chi connectivity index (χ0) is 20.6. The van der Waals surface area contributed by atoms with Crippen molar-refractivity contribution in [1.82, 2.24) is 0 Å². The van der Waals surface area contributed by atoms with Crippen LogP contribution in [0.1, 0.15) is 117 Å². The van der Waals surface area contributed by atoms with E-state index >= 15 is 0 Å². The number of carbonyl (C=O) groups excluding carboxylic acids is 1. The van der Waals surface area contributed by atoms with Gasteiger partial charge in [-0.2, -0.15) is 8.42 Å². The fourth-order valence-corrected chi connectivity index (χ4v) is 3.88. The molecular weight excluding hydrogens is 385 g/mol. The molecule has 0 aliphatic carbocycles. The molecule has 28 heavy (non-hydrogen) atoms. The normalized spacial score (nSPS) is 13.7. The van der Waals surface area contributed by atoms with E-state index in [4.69, 9.17) is 5.73 Å². The van der Waals surface area contributed by atoms with E-state index in [1.807, 2.05) is 0 Å². The maximum absolute atomic E-state index is 12.1. The summed E-state index contributed by atoms with van der Waals surface area (Å²) in [4.78, 5) is 12.1. The van der Waals surface area contributed by atoms with Crippen LogP contribution in [0.5, 0.6) is 0 Å². The monoisotopic (exact) mass is 429 g/mol. The van der Waals surface area contributed by atoms with E-state index in [-0.39, 0.29) is 42.5 Å². The Morgan fingerprint density at radius 1 is 0.786 bits per heavy atom. The molecule has 1 atom stereocenters. The zero-order valence-corrected chi connectivity index (χ0v) is 18.5. The molecule has 1 unspecified atom stereocenters. The molecule has 0 spiro atoms. The van der Waals surface area contributed by atoms with E-state index in [0.29, 0.717) is 6.42 Å². The molecule has 0 fully saturated rings. The molecule has 0 radical (unpaired) electrons. The first-order valence-corrected chi connectivity index (χ1v) is 12.4. The molecule has 0 aromatic heterocycles. The molecule has 0 amide bonds. The van der Waals surface area contributed by atoms with Gasteiger partial charge in [0, 0.05) is 13.0 Å². The van der Waals surface area contributed by atoms with E-state index < -0.39 is 20.6 Å². The standard InChI is InChI=1S/C21H43NO4S.Na.H/c1-3-4-5-6-7-8-9-10-11-12-13-14-15-16-17-18-20(23)21(2,19-22)27(24,25)26;;/h3-19,22H2,1-2H3,(H,24,25,26);;. The van der Waals surface area contributed by atoms with Gasteiger partial charge in [-0.25, -0.2) is 0 Å². The number of hydrogen-bond acceptors (Lipinski definition) is 4. The van der Waals surface area contributed by atoms with Crippen molar-refractivity contribution in [3.05, 3.63) is 0 Å². The van der Waals surface area contributed by atoms with Crippen molar-refractivity contribution in [2.24, 2.45) is 5.73 Å². The molecule has 0 aliphatic rings. The van der Waals surface area contributed by atoms with E-state index in [1.165, 1.54) is 77.6 Å². The van der Waals surface area contributed by atoms with Crippen LogP contribution in [0.25, 0.3) is 0 Å². The third kappa shape index (κ3) is 13.7. The Balaban J connectivity index is 0. The van der Waals surface area contributed by atoms with Gasteiger partial charge < -0.3 is 5.73 Å². The molecule has 164 valence electrons. The van der Waals surface area contributed by atoms with Gasteiger partial charge in [0.15, 0.2) is 10.5 Å². The van der Waals surface area contributed by atoms with Crippen molar-refractivity contribution in [3.8, 4) is 0 Å². The van der Waals surface area contributed by atoms with Crippen molar-refractivity contribution >= 4 is 45.5 Å². The molecule has 0 bridgehead atoms. The van der Waals surface area contributed by atoms with Gasteiger partial charge in [-0.15, -0.1) is 0 Å². The first-order valence-electron chi connectivity index (χ1n) is 11.0. The molecule has 3 N–H and O–H groups in total. The zero-order valence-electron chi connectivity index (χ0n) is 17.7. The molecule has 7 heteroatoms. The summed E-state index contributed by atoms with van der Waals surface area (Å²) in [5.41, 5.74) is 5.39. The van der Waals surface area contributed by atoms with Crippen LogP contribution in [0, 0.1) is 0 Å². The molecule has 0 aliphatic heterocycles. The minimum atomic E-state index is -4.46. The molecule has 0 aromatic rings. The number of Topliss-reactive ketones (excluding diaryl/α,β-unsaturated/α-hetero) is 1. The molecule has 0 rings (SSSR count). The van der Waals surface area contributed by atoms with Gasteiger partial charge >= 0.3 is 29.6 Å². The fourth-order valence-electron chi connectivity index (χ4n) is 3.28. The van der Waals surface area contributed by atoms with E-state index in [9.17, 15) is 17.8 Å². The molecule has 0 saturated carbocycles. The summed E-state index contributed by atoms with van der Waals surface area (Å²) in [6.07, 6.45) is 18.7. The Morgan fingerprint density at radius 2 is 1.11 bits per heavy atom. The summed E-state index contributed by atoms with van der Waals surface area (Å²) in [7, 11) is -4.46. The molecule has 0 aromatic carbocycles. The third-order valence-corrected chi connectivity index (χ3v) is 7.09. The number of nitrogens with two attached hydrogens (primary N) is 1. The summed E-state index contributed by atoms with van der Waals surface area (Å²) >= 11 is 0. The first-order chi connectivity index (χ1) is 12.8. The maximum atomic E-state index is 12.1. The Labute approximate surface area is 196 Å². The topological polar surface area (TPSA) is 97.5 Å². The fraction of sp³-hybridized carbons (Fsp3) is 0.952. The summed E-state index contributed by atoms with van der Waals surface area (Å²) < 4.78 is 30.0. The van der Waals surface area contributed by atoms with E-state index in [0.717, 1.165) is 19.3 Å². The summed E-state index contributed by atoms with van der Waals surface area (Å²) in [5, 5.41) is 0. The van der Waals surface area contributed by atoms with Crippen molar-refractivity contribution in [2.75, 3.05) is 6.54 Å². The second kappa shape index (κ2) is 18.3. The van der Waals surface area contributed by atoms with Crippen molar-refractivity contribution in [1.29, 1.82) is 0 Å². The average Bonchev–Trinajstić information content (AvgIpc) is 2.62. The van der Waals surface area contributed by atoms with Crippen molar-refractivity contribution in [3.63, 3.8) is 0 Å². The van der Waals surface area contributed by atoms with Crippen LogP contribution < -0.4 is 5.73 Å². The predicted molar refractivity (Wildman–Crippen MR) is 121 cm³/mol. The first kappa shape index (κ1) is 30.7. The molecule has 5 nitrogen and oxygen atoms in total. The molecule has 0 heterocycles. The average molecular weight is 430 g/mol. The summed E-state index contributed by atoms with van der Waals surface area (Å²) in [5.74, 6) is -0.484. The SMILES string of the molecule is CCCCCCCCCCCCCCCCCC(=O)C(C)(CN)S(=O)(=O)O.[NaH]. The summed E-state index contributed by atoms with van der Waals surface area (Å²) in [6, 6.07) is 0. The number of ketones is 1. The second-order valence-corrected chi connectivity index (χ2v) is 9.88. The van der Waals surface area contributed by atoms with Crippen LogP contribution in [-0.4, -0.2) is 59.6 Å². The van der Waals surface area contributed by atoms with Crippen molar-refractivity contribution < 1.29 is 17.8 Å². The van der Waals surface area contributed by atoms with Gasteiger partial charge in [0.05, 0.1) is 0 Å².